The second-order valence-electron chi connectivity index (χ2n) is 5.99. The van der Waals surface area contributed by atoms with Crippen LogP contribution in [0.5, 0.6) is 0 Å². The van der Waals surface area contributed by atoms with Crippen molar-refractivity contribution >= 4 is 5.97 Å². The third-order valence-electron chi connectivity index (χ3n) is 3.99. The fourth-order valence-electron chi connectivity index (χ4n) is 2.65. The summed E-state index contributed by atoms with van der Waals surface area (Å²) in [6.45, 7) is 4.58. The molecule has 1 rings (SSSR count). The molecule has 22 heavy (non-hydrogen) atoms. The lowest BCUT2D eigenvalue weighted by atomic mass is 10.0. The maximum absolute atomic E-state index is 11.3. The van der Waals surface area contributed by atoms with Gasteiger partial charge in [0.25, 0.3) is 0 Å². The Morgan fingerprint density at radius 1 is 0.818 bits per heavy atom. The molecule has 0 aliphatic heterocycles. The maximum atomic E-state index is 11.3. The van der Waals surface area contributed by atoms with Crippen LogP contribution < -0.4 is 0 Å². The topological polar surface area (TPSA) is 26.3 Å². The molecule has 0 N–H and O–H groups in total. The molecule has 2 heteroatoms. The van der Waals surface area contributed by atoms with Crippen LogP contribution in [0.4, 0.5) is 0 Å². The van der Waals surface area contributed by atoms with Gasteiger partial charge in [0.15, 0.2) is 0 Å². The second-order valence-corrected chi connectivity index (χ2v) is 5.99. The molecule has 0 spiro atoms. The number of benzene rings is 1. The number of carbonyl (C=O) groups excluding carboxylic acids is 1. The Labute approximate surface area is 136 Å². The van der Waals surface area contributed by atoms with E-state index in [2.05, 4.69) is 31.2 Å². The normalized spacial score (nSPS) is 10.6. The minimum Gasteiger partial charge on any atom is -0.466 e. The number of hydrogen-bond donors (Lipinski definition) is 0. The van der Waals surface area contributed by atoms with Crippen molar-refractivity contribution in [2.75, 3.05) is 6.61 Å². The fraction of sp³-hybridized carbons (Fsp3) is 0.650. The predicted molar refractivity (Wildman–Crippen MR) is 93.1 cm³/mol. The highest BCUT2D eigenvalue weighted by molar-refractivity contribution is 5.69. The third-order valence-corrected chi connectivity index (χ3v) is 3.99. The lowest BCUT2D eigenvalue weighted by Crippen LogP contribution is -2.04. The smallest absolute Gasteiger partial charge is 0.305 e. The number of ether oxygens (including phenoxy) is 1. The number of rotatable bonds is 12. The van der Waals surface area contributed by atoms with Gasteiger partial charge in [0.2, 0.25) is 0 Å². The van der Waals surface area contributed by atoms with Crippen LogP contribution >= 0.6 is 0 Å². The van der Waals surface area contributed by atoms with Crippen LogP contribution in [-0.4, -0.2) is 12.6 Å². The summed E-state index contributed by atoms with van der Waals surface area (Å²) in [7, 11) is 0. The zero-order chi connectivity index (χ0) is 16.0. The molecule has 0 atom stereocenters. The largest absolute Gasteiger partial charge is 0.466 e. The van der Waals surface area contributed by atoms with Gasteiger partial charge in [0.1, 0.15) is 0 Å². The standard InChI is InChI=1S/C20H32O2/c1-3-5-6-7-8-9-11-18-14-16-19(17-15-18)12-10-13-20(21)22-4-2/h14-17H,3-13H2,1-2H3. The van der Waals surface area contributed by atoms with E-state index in [4.69, 9.17) is 4.74 Å². The Morgan fingerprint density at radius 3 is 1.95 bits per heavy atom. The zero-order valence-corrected chi connectivity index (χ0v) is 14.4. The summed E-state index contributed by atoms with van der Waals surface area (Å²) in [5, 5.41) is 0. The summed E-state index contributed by atoms with van der Waals surface area (Å²) in [6.07, 6.45) is 11.6. The molecule has 1 aromatic rings. The minimum atomic E-state index is -0.0813. The molecule has 0 radical (unpaired) electrons. The van der Waals surface area contributed by atoms with E-state index in [-0.39, 0.29) is 5.97 Å². The van der Waals surface area contributed by atoms with Crippen molar-refractivity contribution in [1.29, 1.82) is 0 Å². The van der Waals surface area contributed by atoms with Crippen molar-refractivity contribution in [2.45, 2.75) is 78.1 Å². The minimum absolute atomic E-state index is 0.0813. The summed E-state index contributed by atoms with van der Waals surface area (Å²) in [6, 6.07) is 8.90. The van der Waals surface area contributed by atoms with Gasteiger partial charge in [-0.1, -0.05) is 63.3 Å². The van der Waals surface area contributed by atoms with Crippen LogP contribution in [0.25, 0.3) is 0 Å². The molecule has 1 aromatic carbocycles. The third kappa shape index (κ3) is 8.86. The molecular weight excluding hydrogens is 272 g/mol. The maximum Gasteiger partial charge on any atom is 0.305 e. The Hall–Kier alpha value is -1.31. The zero-order valence-electron chi connectivity index (χ0n) is 14.4. The first-order valence-corrected chi connectivity index (χ1v) is 8.99. The van der Waals surface area contributed by atoms with Gasteiger partial charge in [-0.2, -0.15) is 0 Å². The molecule has 0 aliphatic carbocycles. The highest BCUT2D eigenvalue weighted by Gasteiger charge is 2.02. The quantitative estimate of drug-likeness (QED) is 0.378. The highest BCUT2D eigenvalue weighted by Crippen LogP contribution is 2.12. The molecule has 0 unspecified atom stereocenters. The van der Waals surface area contributed by atoms with Crippen molar-refractivity contribution in [2.24, 2.45) is 0 Å². The number of hydrogen-bond acceptors (Lipinski definition) is 2. The molecule has 0 bridgehead atoms. The molecule has 0 saturated heterocycles. The summed E-state index contributed by atoms with van der Waals surface area (Å²) in [5.41, 5.74) is 2.75. The summed E-state index contributed by atoms with van der Waals surface area (Å²) in [4.78, 5) is 11.3. The lowest BCUT2D eigenvalue weighted by Gasteiger charge is -2.05. The molecule has 0 aliphatic rings. The van der Waals surface area contributed by atoms with Crippen LogP contribution in [0.2, 0.25) is 0 Å². The molecule has 0 heterocycles. The highest BCUT2D eigenvalue weighted by atomic mass is 16.5. The van der Waals surface area contributed by atoms with Crippen LogP contribution in [0, 0.1) is 0 Å². The van der Waals surface area contributed by atoms with Crippen molar-refractivity contribution in [1.82, 2.24) is 0 Å². The van der Waals surface area contributed by atoms with Crippen LogP contribution in [-0.2, 0) is 22.4 Å². The Kier molecular flexibility index (Phi) is 10.4. The second kappa shape index (κ2) is 12.3. The number of aryl methyl sites for hydroxylation is 2. The first kappa shape index (κ1) is 18.7. The number of unbranched alkanes of at least 4 members (excludes halogenated alkanes) is 5. The Morgan fingerprint density at radius 2 is 1.36 bits per heavy atom. The van der Waals surface area contributed by atoms with E-state index in [0.29, 0.717) is 13.0 Å². The average Bonchev–Trinajstić information content (AvgIpc) is 2.52. The van der Waals surface area contributed by atoms with Gasteiger partial charge in [0.05, 0.1) is 6.61 Å². The van der Waals surface area contributed by atoms with Crippen LogP contribution in [0.15, 0.2) is 24.3 Å². The Balaban J connectivity index is 2.15. The molecule has 0 aromatic heterocycles. The number of esters is 1. The number of carbonyl (C=O) groups is 1. The molecule has 124 valence electrons. The van der Waals surface area contributed by atoms with E-state index < -0.39 is 0 Å². The van der Waals surface area contributed by atoms with Crippen LogP contribution in [0.3, 0.4) is 0 Å². The predicted octanol–water partition coefficient (Wildman–Crippen LogP) is 5.48. The molecule has 0 fully saturated rings. The van der Waals surface area contributed by atoms with Crippen molar-refractivity contribution in [3.8, 4) is 0 Å². The van der Waals surface area contributed by atoms with Gasteiger partial charge in [0, 0.05) is 6.42 Å². The Bertz CT molecular complexity index is 395. The van der Waals surface area contributed by atoms with E-state index >= 15 is 0 Å². The first-order chi connectivity index (χ1) is 10.8. The van der Waals surface area contributed by atoms with Gasteiger partial charge in [-0.05, 0) is 43.7 Å². The summed E-state index contributed by atoms with van der Waals surface area (Å²) in [5.74, 6) is -0.0813. The van der Waals surface area contributed by atoms with Gasteiger partial charge in [-0.15, -0.1) is 0 Å². The monoisotopic (exact) mass is 304 g/mol. The first-order valence-electron chi connectivity index (χ1n) is 8.99. The molecule has 0 amide bonds. The van der Waals surface area contributed by atoms with E-state index in [9.17, 15) is 4.79 Å². The SMILES string of the molecule is CCCCCCCCc1ccc(CCCC(=O)OCC)cc1. The van der Waals surface area contributed by atoms with Crippen molar-refractivity contribution in [3.63, 3.8) is 0 Å². The van der Waals surface area contributed by atoms with E-state index in [0.717, 1.165) is 12.8 Å². The summed E-state index contributed by atoms with van der Waals surface area (Å²) < 4.78 is 4.94. The van der Waals surface area contributed by atoms with Gasteiger partial charge < -0.3 is 4.74 Å². The van der Waals surface area contributed by atoms with Gasteiger partial charge >= 0.3 is 5.97 Å². The van der Waals surface area contributed by atoms with E-state index in [1.165, 1.54) is 56.1 Å². The molecule has 2 nitrogen and oxygen atoms in total. The van der Waals surface area contributed by atoms with Crippen molar-refractivity contribution in [3.05, 3.63) is 35.4 Å². The van der Waals surface area contributed by atoms with Gasteiger partial charge in [-0.3, -0.25) is 4.79 Å². The van der Waals surface area contributed by atoms with E-state index in [1.54, 1.807) is 0 Å². The molecule has 0 saturated carbocycles. The van der Waals surface area contributed by atoms with Gasteiger partial charge in [-0.25, -0.2) is 0 Å². The summed E-state index contributed by atoms with van der Waals surface area (Å²) >= 11 is 0. The molecular formula is C20H32O2. The van der Waals surface area contributed by atoms with Crippen LogP contribution in [0.1, 0.15) is 76.3 Å². The lowest BCUT2D eigenvalue weighted by molar-refractivity contribution is -0.143. The average molecular weight is 304 g/mol. The fourth-order valence-corrected chi connectivity index (χ4v) is 2.65. The van der Waals surface area contributed by atoms with E-state index in [1.807, 2.05) is 6.92 Å². The van der Waals surface area contributed by atoms with Crippen molar-refractivity contribution < 1.29 is 9.53 Å².